The van der Waals surface area contributed by atoms with E-state index in [0.29, 0.717) is 34.8 Å². The van der Waals surface area contributed by atoms with E-state index in [4.69, 9.17) is 5.10 Å². The van der Waals surface area contributed by atoms with Gasteiger partial charge >= 0.3 is 5.69 Å². The molecule has 1 saturated carbocycles. The van der Waals surface area contributed by atoms with Crippen LogP contribution in [-0.2, 0) is 16.6 Å². The van der Waals surface area contributed by atoms with Crippen LogP contribution < -0.4 is 26.1 Å². The zero-order valence-corrected chi connectivity index (χ0v) is 30.7. The SMILES string of the molecule is Cc1nn([C@H]2CC[C@H](CN3CCN(c4cccc5c4n(C)c(=O)n5C4CCC(=O)NC4=O)CC3)CC2)cc1NC(=O)c1cnn2cc(N(C)C)cnc12. The molecular formula is C37H46N12O4. The number of piperazine rings is 1. The number of carbonyl (C=O) groups is 3. The standard InChI is InChI=1S/C37H46N12O4/c1-23-28(40-35(51)27-19-39-48-21-26(43(2)3)18-38-34(27)48)22-47(42-23)25-10-8-24(9-11-25)20-45-14-16-46(17-15-45)29-6-5-7-30-33(29)44(4)37(53)49(30)31-12-13-32(50)41-36(31)52/h5-7,18-19,21-22,24-25,31H,8-17,20H2,1-4H3,(H,40,51)(H,41,50,52)/t24-,25-,31?. The van der Waals surface area contributed by atoms with Crippen molar-refractivity contribution < 1.29 is 14.4 Å². The van der Waals surface area contributed by atoms with Crippen LogP contribution in [0, 0.1) is 12.8 Å². The van der Waals surface area contributed by atoms with Gasteiger partial charge in [-0.3, -0.25) is 38.4 Å². The quantitative estimate of drug-likeness (QED) is 0.228. The number of aromatic nitrogens is 7. The maximum Gasteiger partial charge on any atom is 0.329 e. The van der Waals surface area contributed by atoms with Gasteiger partial charge < -0.3 is 15.1 Å². The monoisotopic (exact) mass is 722 g/mol. The summed E-state index contributed by atoms with van der Waals surface area (Å²) in [5.74, 6) is -0.372. The fraction of sp³-hybridized carbons (Fsp3) is 0.486. The summed E-state index contributed by atoms with van der Waals surface area (Å²) in [6.07, 6.45) is 11.9. The average molecular weight is 723 g/mol. The molecular weight excluding hydrogens is 676 g/mol. The number of aryl methyl sites for hydroxylation is 2. The zero-order chi connectivity index (χ0) is 37.0. The largest absolute Gasteiger partial charge is 0.375 e. The van der Waals surface area contributed by atoms with Gasteiger partial charge in [-0.2, -0.15) is 10.2 Å². The molecule has 53 heavy (non-hydrogen) atoms. The summed E-state index contributed by atoms with van der Waals surface area (Å²) >= 11 is 0. The van der Waals surface area contributed by atoms with E-state index in [1.807, 2.05) is 55.1 Å². The molecule has 6 heterocycles. The Morgan fingerprint density at radius 3 is 2.51 bits per heavy atom. The maximum absolute atomic E-state index is 13.4. The first kappa shape index (κ1) is 34.6. The molecule has 1 aromatic carbocycles. The van der Waals surface area contributed by atoms with Gasteiger partial charge in [-0.25, -0.2) is 14.3 Å². The highest BCUT2D eigenvalue weighted by atomic mass is 16.2. The number of hydrogen-bond donors (Lipinski definition) is 2. The molecule has 1 atom stereocenters. The Morgan fingerprint density at radius 1 is 1.00 bits per heavy atom. The second kappa shape index (κ2) is 13.8. The van der Waals surface area contributed by atoms with Crippen LogP contribution in [-0.4, -0.2) is 103 Å². The van der Waals surface area contributed by atoms with E-state index in [9.17, 15) is 19.2 Å². The number of imidazole rings is 1. The second-order valence-electron chi connectivity index (χ2n) is 14.9. The summed E-state index contributed by atoms with van der Waals surface area (Å²) in [4.78, 5) is 62.4. The van der Waals surface area contributed by atoms with E-state index in [0.717, 1.165) is 81.0 Å². The fourth-order valence-electron chi connectivity index (χ4n) is 8.27. The van der Waals surface area contributed by atoms with Crippen LogP contribution in [0.3, 0.4) is 0 Å². The Kier molecular flexibility index (Phi) is 9.00. The van der Waals surface area contributed by atoms with Crippen molar-refractivity contribution in [2.24, 2.45) is 13.0 Å². The second-order valence-corrected chi connectivity index (χ2v) is 14.9. The maximum atomic E-state index is 13.4. The van der Waals surface area contributed by atoms with Crippen molar-refractivity contribution in [3.05, 3.63) is 64.7 Å². The van der Waals surface area contributed by atoms with Crippen LogP contribution in [0.2, 0.25) is 0 Å². The smallest absolute Gasteiger partial charge is 0.329 e. The van der Waals surface area contributed by atoms with Gasteiger partial charge in [0.05, 0.1) is 58.4 Å². The van der Waals surface area contributed by atoms with Gasteiger partial charge in [0.25, 0.3) is 5.91 Å². The highest BCUT2D eigenvalue weighted by Gasteiger charge is 2.33. The number of benzene rings is 1. The average Bonchev–Trinajstić information content (AvgIpc) is 3.82. The molecule has 0 spiro atoms. The Morgan fingerprint density at radius 2 is 1.77 bits per heavy atom. The van der Waals surface area contributed by atoms with Crippen molar-refractivity contribution in [2.75, 3.05) is 61.9 Å². The van der Waals surface area contributed by atoms with Crippen molar-refractivity contribution >= 4 is 51.5 Å². The van der Waals surface area contributed by atoms with Crippen LogP contribution in [0.25, 0.3) is 16.7 Å². The van der Waals surface area contributed by atoms with Crippen molar-refractivity contribution in [3.63, 3.8) is 0 Å². The minimum atomic E-state index is -0.699. The van der Waals surface area contributed by atoms with E-state index < -0.39 is 11.9 Å². The predicted molar refractivity (Wildman–Crippen MR) is 200 cm³/mol. The predicted octanol–water partition coefficient (Wildman–Crippen LogP) is 2.74. The summed E-state index contributed by atoms with van der Waals surface area (Å²) < 4.78 is 6.84. The Labute approximate surface area is 306 Å². The molecule has 2 saturated heterocycles. The van der Waals surface area contributed by atoms with Crippen molar-refractivity contribution in [1.29, 1.82) is 0 Å². The molecule has 2 aliphatic heterocycles. The number of amides is 3. The number of anilines is 3. The first-order valence-corrected chi connectivity index (χ1v) is 18.4. The van der Waals surface area contributed by atoms with Crippen LogP contribution in [0.5, 0.6) is 0 Å². The molecule has 4 aromatic heterocycles. The molecule has 0 bridgehead atoms. The number of nitrogens with zero attached hydrogens (tertiary/aromatic N) is 10. The van der Waals surface area contributed by atoms with Crippen LogP contribution >= 0.6 is 0 Å². The number of rotatable bonds is 8. The van der Waals surface area contributed by atoms with Gasteiger partial charge in [0, 0.05) is 66.5 Å². The van der Waals surface area contributed by atoms with Gasteiger partial charge in [0.2, 0.25) is 11.8 Å². The molecule has 8 rings (SSSR count). The zero-order valence-electron chi connectivity index (χ0n) is 30.7. The lowest BCUT2D eigenvalue weighted by atomic mass is 9.85. The normalized spacial score (nSPS) is 21.4. The molecule has 0 radical (unpaired) electrons. The molecule has 2 N–H and O–H groups in total. The van der Waals surface area contributed by atoms with Crippen molar-refractivity contribution in [1.82, 2.24) is 43.7 Å². The van der Waals surface area contributed by atoms with E-state index in [1.54, 1.807) is 33.1 Å². The topological polar surface area (TPSA) is 160 Å². The molecule has 5 aromatic rings. The molecule has 3 aliphatic rings. The van der Waals surface area contributed by atoms with Gasteiger partial charge in [-0.15, -0.1) is 0 Å². The molecule has 278 valence electrons. The molecule has 1 aliphatic carbocycles. The highest BCUT2D eigenvalue weighted by molar-refractivity contribution is 6.08. The Bertz CT molecular complexity index is 2270. The van der Waals surface area contributed by atoms with Gasteiger partial charge in [-0.1, -0.05) is 6.07 Å². The van der Waals surface area contributed by atoms with E-state index in [2.05, 4.69) is 36.6 Å². The minimum absolute atomic E-state index is 0.217. The number of hydrogen-bond acceptors (Lipinski definition) is 10. The number of para-hydroxylation sites is 1. The van der Waals surface area contributed by atoms with Crippen LogP contribution in [0.4, 0.5) is 17.1 Å². The first-order chi connectivity index (χ1) is 25.5. The molecule has 16 nitrogen and oxygen atoms in total. The lowest BCUT2D eigenvalue weighted by Gasteiger charge is -2.39. The van der Waals surface area contributed by atoms with E-state index in [1.165, 1.54) is 0 Å². The summed E-state index contributed by atoms with van der Waals surface area (Å²) in [5.41, 5.74) is 5.56. The lowest BCUT2D eigenvalue weighted by Crippen LogP contribution is -2.48. The highest BCUT2D eigenvalue weighted by Crippen LogP contribution is 2.35. The number of nitrogens with one attached hydrogen (secondary N) is 2. The summed E-state index contributed by atoms with van der Waals surface area (Å²) in [5, 5.41) is 14.6. The fourth-order valence-corrected chi connectivity index (χ4v) is 8.27. The number of imide groups is 1. The van der Waals surface area contributed by atoms with E-state index >= 15 is 0 Å². The van der Waals surface area contributed by atoms with Crippen molar-refractivity contribution in [3.8, 4) is 0 Å². The lowest BCUT2D eigenvalue weighted by molar-refractivity contribution is -0.135. The number of piperidine rings is 1. The minimum Gasteiger partial charge on any atom is -0.375 e. The molecule has 1 unspecified atom stereocenters. The summed E-state index contributed by atoms with van der Waals surface area (Å²) in [7, 11) is 5.62. The molecule has 3 amide bonds. The van der Waals surface area contributed by atoms with Gasteiger partial charge in [0.1, 0.15) is 11.6 Å². The summed E-state index contributed by atoms with van der Waals surface area (Å²) in [6, 6.07) is 5.48. The van der Waals surface area contributed by atoms with Crippen LogP contribution in [0.15, 0.2) is 47.8 Å². The third-order valence-corrected chi connectivity index (χ3v) is 11.3. The van der Waals surface area contributed by atoms with E-state index in [-0.39, 0.29) is 30.0 Å². The van der Waals surface area contributed by atoms with Gasteiger partial charge in [0.15, 0.2) is 5.65 Å². The molecule has 16 heteroatoms. The summed E-state index contributed by atoms with van der Waals surface area (Å²) in [6.45, 7) is 6.52. The van der Waals surface area contributed by atoms with Crippen LogP contribution in [0.1, 0.15) is 66.7 Å². The first-order valence-electron chi connectivity index (χ1n) is 18.4. The Balaban J connectivity index is 0.856. The molecule has 3 fully saturated rings. The third kappa shape index (κ3) is 6.44. The Hall–Kier alpha value is -5.51. The van der Waals surface area contributed by atoms with Gasteiger partial charge in [-0.05, 0) is 57.1 Å². The third-order valence-electron chi connectivity index (χ3n) is 11.3. The number of fused-ring (bicyclic) bond motifs is 2. The van der Waals surface area contributed by atoms with Crippen molar-refractivity contribution in [2.45, 2.75) is 57.5 Å². The number of carbonyl (C=O) groups excluding carboxylic acids is 3.